The molecule has 2 rings (SSSR count). The van der Waals surface area contributed by atoms with Crippen LogP contribution in [0.5, 0.6) is 0 Å². The number of benzene rings is 1. The maximum Gasteiger partial charge on any atom is 0.260 e. The van der Waals surface area contributed by atoms with Gasteiger partial charge in [-0.15, -0.1) is 0 Å². The van der Waals surface area contributed by atoms with Crippen molar-refractivity contribution in [2.45, 2.75) is 0 Å². The molecule has 0 aliphatic rings. The predicted octanol–water partition coefficient (Wildman–Crippen LogP) is 2.24. The first-order valence-electron chi connectivity index (χ1n) is 4.99. The smallest absolute Gasteiger partial charge is 0.260 e. The third kappa shape index (κ3) is 3.26. The van der Waals surface area contributed by atoms with Crippen LogP contribution in [0, 0.1) is 9.39 Å². The van der Waals surface area contributed by atoms with Gasteiger partial charge in [0.25, 0.3) is 11.8 Å². The quantitative estimate of drug-likeness (QED) is 0.788. The third-order valence-corrected chi connectivity index (χ3v) is 3.96. The second-order valence-electron chi connectivity index (χ2n) is 3.47. The summed E-state index contributed by atoms with van der Waals surface area (Å²) in [7, 11) is 0. The summed E-state index contributed by atoms with van der Waals surface area (Å²) >= 11 is 2.85. The van der Waals surface area contributed by atoms with Gasteiger partial charge in [0.1, 0.15) is 10.7 Å². The van der Waals surface area contributed by atoms with Gasteiger partial charge in [0.2, 0.25) is 0 Å². The monoisotopic (exact) mass is 391 g/mol. The Labute approximate surface area is 125 Å². The van der Waals surface area contributed by atoms with E-state index in [4.69, 9.17) is 5.73 Å². The molecule has 0 radical (unpaired) electrons. The lowest BCUT2D eigenvalue weighted by Gasteiger charge is -2.04. The minimum atomic E-state index is -0.602. The Morgan fingerprint density at radius 3 is 2.74 bits per heavy atom. The Bertz CT molecular complexity index is 659. The topological polar surface area (TPSA) is 85.1 Å². The van der Waals surface area contributed by atoms with Crippen LogP contribution >= 0.6 is 33.9 Å². The summed E-state index contributed by atoms with van der Waals surface area (Å²) in [4.78, 5) is 26.9. The first-order chi connectivity index (χ1) is 8.97. The van der Waals surface area contributed by atoms with Gasteiger partial charge in [0.05, 0.1) is 11.8 Å². The highest BCUT2D eigenvalue weighted by atomic mass is 127. The number of hydrogen-bond acceptors (Lipinski definition) is 4. The van der Waals surface area contributed by atoms with Crippen LogP contribution in [0.15, 0.2) is 24.4 Å². The molecule has 0 atom stereocenters. The zero-order chi connectivity index (χ0) is 14.0. The molecule has 0 fully saturated rings. The number of nitrogens with two attached hydrogens (primary N) is 1. The van der Waals surface area contributed by atoms with Crippen molar-refractivity contribution in [3.05, 3.63) is 44.2 Å². The number of nitrogens with one attached hydrogen (secondary N) is 1. The Morgan fingerprint density at radius 1 is 1.42 bits per heavy atom. The lowest BCUT2D eigenvalue weighted by atomic mass is 10.2. The molecule has 3 N–H and O–H groups in total. The average Bonchev–Trinajstić information content (AvgIpc) is 2.77. The maximum atomic E-state index is 12.9. The zero-order valence-electron chi connectivity index (χ0n) is 9.31. The lowest BCUT2D eigenvalue weighted by molar-refractivity contribution is 0.100. The number of halogens is 2. The SMILES string of the molecule is NC(=O)c1cnc(NC(=O)c2ccc(F)cc2I)s1. The molecular formula is C11H7FIN3O2S. The molecule has 19 heavy (non-hydrogen) atoms. The third-order valence-electron chi connectivity index (χ3n) is 2.14. The second-order valence-corrected chi connectivity index (χ2v) is 5.67. The minimum absolute atomic E-state index is 0.254. The van der Waals surface area contributed by atoms with Crippen molar-refractivity contribution in [2.75, 3.05) is 5.32 Å². The first kappa shape index (κ1) is 13.9. The molecule has 0 aliphatic carbocycles. The van der Waals surface area contributed by atoms with E-state index in [1.165, 1.54) is 24.4 Å². The highest BCUT2D eigenvalue weighted by Gasteiger charge is 2.14. The van der Waals surface area contributed by atoms with Gasteiger partial charge in [-0.3, -0.25) is 14.9 Å². The first-order valence-corrected chi connectivity index (χ1v) is 6.89. The molecule has 0 bridgehead atoms. The number of thiazole rings is 1. The molecule has 1 aromatic heterocycles. The summed E-state index contributed by atoms with van der Waals surface area (Å²) in [5, 5.41) is 2.79. The van der Waals surface area contributed by atoms with Crippen molar-refractivity contribution >= 4 is 50.9 Å². The molecule has 8 heteroatoms. The molecule has 0 unspecified atom stereocenters. The van der Waals surface area contributed by atoms with Crippen molar-refractivity contribution in [1.82, 2.24) is 4.98 Å². The van der Waals surface area contributed by atoms with Crippen LogP contribution in [0.4, 0.5) is 9.52 Å². The number of amides is 2. The van der Waals surface area contributed by atoms with E-state index in [1.54, 1.807) is 0 Å². The van der Waals surface area contributed by atoms with E-state index in [0.29, 0.717) is 9.13 Å². The van der Waals surface area contributed by atoms with Gasteiger partial charge in [-0.05, 0) is 40.8 Å². The second kappa shape index (κ2) is 5.61. The lowest BCUT2D eigenvalue weighted by Crippen LogP contribution is -2.13. The number of hydrogen-bond donors (Lipinski definition) is 2. The molecule has 98 valence electrons. The fourth-order valence-corrected chi connectivity index (χ4v) is 2.67. The Kier molecular flexibility index (Phi) is 4.10. The fraction of sp³-hybridized carbons (Fsp3) is 0. The van der Waals surface area contributed by atoms with Crippen molar-refractivity contribution in [3.63, 3.8) is 0 Å². The Morgan fingerprint density at radius 2 is 2.16 bits per heavy atom. The number of aromatic nitrogens is 1. The fourth-order valence-electron chi connectivity index (χ4n) is 1.28. The average molecular weight is 391 g/mol. The van der Waals surface area contributed by atoms with E-state index in [1.807, 2.05) is 22.6 Å². The molecule has 2 amide bonds. The van der Waals surface area contributed by atoms with Crippen LogP contribution < -0.4 is 11.1 Å². The predicted molar refractivity (Wildman–Crippen MR) is 77.7 cm³/mol. The molecule has 5 nitrogen and oxygen atoms in total. The number of primary amides is 1. The van der Waals surface area contributed by atoms with E-state index >= 15 is 0 Å². The molecule has 1 heterocycles. The maximum absolute atomic E-state index is 12.9. The normalized spacial score (nSPS) is 10.2. The van der Waals surface area contributed by atoms with Gasteiger partial charge in [0.15, 0.2) is 5.13 Å². The van der Waals surface area contributed by atoms with E-state index in [9.17, 15) is 14.0 Å². The summed E-state index contributed by atoms with van der Waals surface area (Å²) in [6.45, 7) is 0. The number of anilines is 1. The van der Waals surface area contributed by atoms with Crippen LogP contribution in [0.1, 0.15) is 20.0 Å². The number of carbonyl (C=O) groups is 2. The summed E-state index contributed by atoms with van der Waals surface area (Å²) in [5.74, 6) is -1.43. The minimum Gasteiger partial charge on any atom is -0.365 e. The molecular weight excluding hydrogens is 384 g/mol. The summed E-state index contributed by atoms with van der Waals surface area (Å²) < 4.78 is 13.4. The number of carbonyl (C=O) groups excluding carboxylic acids is 2. The van der Waals surface area contributed by atoms with E-state index in [2.05, 4.69) is 10.3 Å². The van der Waals surface area contributed by atoms with Gasteiger partial charge in [-0.2, -0.15) is 0 Å². The van der Waals surface area contributed by atoms with E-state index in [-0.39, 0.29) is 10.0 Å². The highest BCUT2D eigenvalue weighted by molar-refractivity contribution is 14.1. The zero-order valence-corrected chi connectivity index (χ0v) is 12.3. The molecule has 0 saturated carbocycles. The van der Waals surface area contributed by atoms with Gasteiger partial charge in [-0.25, -0.2) is 9.37 Å². The van der Waals surface area contributed by atoms with Crippen LogP contribution in [0.25, 0.3) is 0 Å². The number of rotatable bonds is 3. The molecule has 0 aliphatic heterocycles. The van der Waals surface area contributed by atoms with Crippen molar-refractivity contribution in [2.24, 2.45) is 5.73 Å². The molecule has 2 aromatic rings. The van der Waals surface area contributed by atoms with Crippen molar-refractivity contribution < 1.29 is 14.0 Å². The molecule has 1 aromatic carbocycles. The standard InChI is InChI=1S/C11H7FIN3O2S/c12-5-1-2-6(7(13)3-5)10(18)16-11-15-4-8(19-11)9(14)17/h1-4H,(H2,14,17)(H,15,16,18). The summed E-state index contributed by atoms with van der Waals surface area (Å²) in [5.41, 5.74) is 5.42. The van der Waals surface area contributed by atoms with Crippen LogP contribution in [-0.2, 0) is 0 Å². The largest absolute Gasteiger partial charge is 0.365 e. The Hall–Kier alpha value is -1.55. The molecule has 0 saturated heterocycles. The van der Waals surface area contributed by atoms with Crippen LogP contribution in [0.3, 0.4) is 0 Å². The summed E-state index contributed by atoms with van der Waals surface area (Å²) in [6, 6.07) is 3.84. The van der Waals surface area contributed by atoms with Gasteiger partial charge < -0.3 is 5.73 Å². The van der Waals surface area contributed by atoms with Crippen LogP contribution in [0.2, 0.25) is 0 Å². The van der Waals surface area contributed by atoms with Gasteiger partial charge in [0, 0.05) is 3.57 Å². The van der Waals surface area contributed by atoms with E-state index < -0.39 is 17.6 Å². The van der Waals surface area contributed by atoms with Crippen LogP contribution in [-0.4, -0.2) is 16.8 Å². The number of nitrogens with zero attached hydrogens (tertiary/aromatic N) is 1. The Balaban J connectivity index is 2.18. The highest BCUT2D eigenvalue weighted by Crippen LogP contribution is 2.20. The van der Waals surface area contributed by atoms with Gasteiger partial charge >= 0.3 is 0 Å². The van der Waals surface area contributed by atoms with Crippen molar-refractivity contribution in [1.29, 1.82) is 0 Å². The molecule has 0 spiro atoms. The van der Waals surface area contributed by atoms with Gasteiger partial charge in [-0.1, -0.05) is 11.3 Å². The van der Waals surface area contributed by atoms with Crippen molar-refractivity contribution in [3.8, 4) is 0 Å². The van der Waals surface area contributed by atoms with E-state index in [0.717, 1.165) is 11.3 Å². The summed E-state index contributed by atoms with van der Waals surface area (Å²) in [6.07, 6.45) is 1.29.